The number of nitrogens with zero attached hydrogens (tertiary/aromatic N) is 1. The second-order valence-electron chi connectivity index (χ2n) is 5.89. The molecule has 0 radical (unpaired) electrons. The molecule has 0 fully saturated rings. The number of aryl methyl sites for hydroxylation is 3. The second kappa shape index (κ2) is 5.72. The summed E-state index contributed by atoms with van der Waals surface area (Å²) < 4.78 is 0. The van der Waals surface area contributed by atoms with Crippen LogP contribution >= 0.6 is 0 Å². The fourth-order valence-electron chi connectivity index (χ4n) is 2.95. The molecule has 0 atom stereocenters. The van der Waals surface area contributed by atoms with Gasteiger partial charge in [0.05, 0.1) is 0 Å². The Bertz CT molecular complexity index is 658. The Morgan fingerprint density at radius 1 is 0.952 bits per heavy atom. The van der Waals surface area contributed by atoms with Gasteiger partial charge in [-0.15, -0.1) is 0 Å². The van der Waals surface area contributed by atoms with Gasteiger partial charge in [-0.2, -0.15) is 0 Å². The molecule has 0 bridgehead atoms. The average Bonchev–Trinajstić information content (AvgIpc) is 2.54. The SMILES string of the molecule is Cc1ccc(N(C)C(=O)c2ccc3c(c2)CCCC3)cc1. The number of carbonyl (C=O) groups is 1. The molecule has 0 saturated carbocycles. The molecule has 2 nitrogen and oxygen atoms in total. The third-order valence-electron chi connectivity index (χ3n) is 4.32. The molecule has 0 saturated heterocycles. The molecule has 1 aliphatic rings. The normalized spacial score (nSPS) is 13.6. The monoisotopic (exact) mass is 279 g/mol. The van der Waals surface area contributed by atoms with Gasteiger partial charge in [0.25, 0.3) is 5.91 Å². The first-order valence-corrected chi connectivity index (χ1v) is 7.62. The molecule has 0 N–H and O–H groups in total. The van der Waals surface area contributed by atoms with E-state index in [4.69, 9.17) is 0 Å². The molecule has 0 spiro atoms. The standard InChI is InChI=1S/C19H21NO/c1-14-7-11-18(12-8-14)20(2)19(21)17-10-9-15-5-3-4-6-16(15)13-17/h7-13H,3-6H2,1-2H3. The lowest BCUT2D eigenvalue weighted by molar-refractivity contribution is 0.0993. The Kier molecular flexibility index (Phi) is 3.78. The maximum atomic E-state index is 12.6. The van der Waals surface area contributed by atoms with Crippen molar-refractivity contribution in [3.05, 3.63) is 64.7 Å². The zero-order valence-corrected chi connectivity index (χ0v) is 12.7. The van der Waals surface area contributed by atoms with Crippen molar-refractivity contribution < 1.29 is 4.79 Å². The van der Waals surface area contributed by atoms with Crippen LogP contribution in [0.3, 0.4) is 0 Å². The maximum Gasteiger partial charge on any atom is 0.258 e. The van der Waals surface area contributed by atoms with Crippen molar-refractivity contribution in [1.29, 1.82) is 0 Å². The van der Waals surface area contributed by atoms with Crippen LogP contribution in [0, 0.1) is 6.92 Å². The van der Waals surface area contributed by atoms with Crippen LogP contribution < -0.4 is 4.90 Å². The van der Waals surface area contributed by atoms with E-state index >= 15 is 0 Å². The van der Waals surface area contributed by atoms with Crippen molar-refractivity contribution in [3.8, 4) is 0 Å². The van der Waals surface area contributed by atoms with Crippen LogP contribution in [0.1, 0.15) is 39.9 Å². The van der Waals surface area contributed by atoms with Crippen LogP contribution in [0.2, 0.25) is 0 Å². The molecule has 1 amide bonds. The summed E-state index contributed by atoms with van der Waals surface area (Å²) in [5, 5.41) is 0. The molecule has 108 valence electrons. The fraction of sp³-hybridized carbons (Fsp3) is 0.316. The lowest BCUT2D eigenvalue weighted by atomic mass is 9.90. The smallest absolute Gasteiger partial charge is 0.258 e. The van der Waals surface area contributed by atoms with Gasteiger partial charge in [0.2, 0.25) is 0 Å². The zero-order chi connectivity index (χ0) is 14.8. The van der Waals surface area contributed by atoms with E-state index < -0.39 is 0 Å². The van der Waals surface area contributed by atoms with Gasteiger partial charge in [0.1, 0.15) is 0 Å². The molecule has 2 heteroatoms. The summed E-state index contributed by atoms with van der Waals surface area (Å²) >= 11 is 0. The molecular weight excluding hydrogens is 258 g/mol. The highest BCUT2D eigenvalue weighted by atomic mass is 16.2. The van der Waals surface area contributed by atoms with Gasteiger partial charge in [-0.1, -0.05) is 23.8 Å². The Morgan fingerprint density at radius 2 is 1.62 bits per heavy atom. The summed E-state index contributed by atoms with van der Waals surface area (Å²) in [5.74, 6) is 0.0622. The van der Waals surface area contributed by atoms with Gasteiger partial charge in [0, 0.05) is 18.3 Å². The Morgan fingerprint density at radius 3 is 2.33 bits per heavy atom. The molecular formula is C19H21NO. The fourth-order valence-corrected chi connectivity index (χ4v) is 2.95. The van der Waals surface area contributed by atoms with Crippen molar-refractivity contribution in [1.82, 2.24) is 0 Å². The van der Waals surface area contributed by atoms with Gasteiger partial charge in [-0.25, -0.2) is 0 Å². The minimum Gasteiger partial charge on any atom is -0.311 e. The Balaban J connectivity index is 1.86. The van der Waals surface area contributed by atoms with E-state index in [9.17, 15) is 4.79 Å². The molecule has 2 aromatic carbocycles. The van der Waals surface area contributed by atoms with E-state index in [1.807, 2.05) is 37.4 Å². The summed E-state index contributed by atoms with van der Waals surface area (Å²) in [6, 6.07) is 14.2. The van der Waals surface area contributed by atoms with E-state index in [0.717, 1.165) is 24.1 Å². The van der Waals surface area contributed by atoms with E-state index in [-0.39, 0.29) is 5.91 Å². The van der Waals surface area contributed by atoms with Gasteiger partial charge in [-0.05, 0) is 68.0 Å². The number of fused-ring (bicyclic) bond motifs is 1. The summed E-state index contributed by atoms with van der Waals surface area (Å²) in [5.41, 5.74) is 5.69. The van der Waals surface area contributed by atoms with E-state index in [1.165, 1.54) is 29.5 Å². The van der Waals surface area contributed by atoms with Crippen LogP contribution in [0.5, 0.6) is 0 Å². The summed E-state index contributed by atoms with van der Waals surface area (Å²) in [6.07, 6.45) is 4.75. The zero-order valence-electron chi connectivity index (χ0n) is 12.7. The summed E-state index contributed by atoms with van der Waals surface area (Å²) in [4.78, 5) is 14.4. The second-order valence-corrected chi connectivity index (χ2v) is 5.89. The number of hydrogen-bond acceptors (Lipinski definition) is 1. The molecule has 0 unspecified atom stereocenters. The summed E-state index contributed by atoms with van der Waals surface area (Å²) in [6.45, 7) is 2.05. The third kappa shape index (κ3) is 2.85. The van der Waals surface area contributed by atoms with E-state index in [0.29, 0.717) is 0 Å². The Labute approximate surface area is 126 Å². The number of hydrogen-bond donors (Lipinski definition) is 0. The maximum absolute atomic E-state index is 12.6. The van der Waals surface area contributed by atoms with E-state index in [1.54, 1.807) is 4.90 Å². The average molecular weight is 279 g/mol. The molecule has 21 heavy (non-hydrogen) atoms. The lowest BCUT2D eigenvalue weighted by Gasteiger charge is -2.20. The largest absolute Gasteiger partial charge is 0.311 e. The predicted octanol–water partition coefficient (Wildman–Crippen LogP) is 4.15. The topological polar surface area (TPSA) is 20.3 Å². The number of anilines is 1. The third-order valence-corrected chi connectivity index (χ3v) is 4.32. The van der Waals surface area contributed by atoms with Gasteiger partial charge < -0.3 is 4.90 Å². The van der Waals surface area contributed by atoms with Gasteiger partial charge in [-0.3, -0.25) is 4.79 Å². The van der Waals surface area contributed by atoms with Crippen LogP contribution in [0.4, 0.5) is 5.69 Å². The number of benzene rings is 2. The highest BCUT2D eigenvalue weighted by Crippen LogP contribution is 2.24. The first-order chi connectivity index (χ1) is 10.1. The molecule has 0 aromatic heterocycles. The highest BCUT2D eigenvalue weighted by Gasteiger charge is 2.16. The van der Waals surface area contributed by atoms with Crippen LogP contribution in [0.15, 0.2) is 42.5 Å². The van der Waals surface area contributed by atoms with Gasteiger partial charge in [0.15, 0.2) is 0 Å². The Hall–Kier alpha value is -2.09. The number of amides is 1. The lowest BCUT2D eigenvalue weighted by Crippen LogP contribution is -2.26. The van der Waals surface area contributed by atoms with Crippen molar-refractivity contribution in [2.75, 3.05) is 11.9 Å². The number of carbonyl (C=O) groups excluding carboxylic acids is 1. The van der Waals surface area contributed by atoms with Crippen LogP contribution in [0.25, 0.3) is 0 Å². The van der Waals surface area contributed by atoms with Crippen molar-refractivity contribution in [3.63, 3.8) is 0 Å². The predicted molar refractivity (Wildman–Crippen MR) is 87.0 cm³/mol. The quantitative estimate of drug-likeness (QED) is 0.808. The molecule has 1 aliphatic carbocycles. The van der Waals surface area contributed by atoms with E-state index in [2.05, 4.69) is 19.1 Å². The van der Waals surface area contributed by atoms with Gasteiger partial charge >= 0.3 is 0 Å². The van der Waals surface area contributed by atoms with Crippen molar-refractivity contribution in [2.24, 2.45) is 0 Å². The molecule has 3 rings (SSSR count). The first kappa shape index (κ1) is 13.9. The van der Waals surface area contributed by atoms with Crippen LogP contribution in [-0.4, -0.2) is 13.0 Å². The molecule has 2 aromatic rings. The number of rotatable bonds is 2. The van der Waals surface area contributed by atoms with Crippen LogP contribution in [-0.2, 0) is 12.8 Å². The minimum absolute atomic E-state index is 0.0622. The van der Waals surface area contributed by atoms with Crippen molar-refractivity contribution in [2.45, 2.75) is 32.6 Å². The molecule has 0 heterocycles. The van der Waals surface area contributed by atoms with Crippen molar-refractivity contribution >= 4 is 11.6 Å². The highest BCUT2D eigenvalue weighted by molar-refractivity contribution is 6.05. The summed E-state index contributed by atoms with van der Waals surface area (Å²) in [7, 11) is 1.84. The minimum atomic E-state index is 0.0622. The first-order valence-electron chi connectivity index (χ1n) is 7.62. The molecule has 0 aliphatic heterocycles.